The summed E-state index contributed by atoms with van der Waals surface area (Å²) in [7, 11) is 0. The monoisotopic (exact) mass is 512 g/mol. The third kappa shape index (κ3) is 18.3. The molecule has 1 heterocycles. The Morgan fingerprint density at radius 1 is 0.757 bits per heavy atom. The molecular weight excluding hydrogens is 456 g/mol. The highest BCUT2D eigenvalue weighted by molar-refractivity contribution is 5.13. The normalized spacial score (nSPS) is 12.7. The summed E-state index contributed by atoms with van der Waals surface area (Å²) in [4.78, 5) is 4.10. The van der Waals surface area contributed by atoms with Crippen LogP contribution in [-0.4, -0.2) is 28.9 Å². The molecular formula is C33H56N2O2. The van der Waals surface area contributed by atoms with Crippen molar-refractivity contribution in [3.05, 3.63) is 54.6 Å². The third-order valence-electron chi connectivity index (χ3n) is 6.99. The molecule has 1 unspecified atom stereocenters. The van der Waals surface area contributed by atoms with Crippen molar-refractivity contribution >= 4 is 0 Å². The molecule has 0 fully saturated rings. The zero-order chi connectivity index (χ0) is 26.4. The number of aryl methyl sites for hydroxylation is 1. The fourth-order valence-electron chi connectivity index (χ4n) is 4.89. The molecule has 210 valence electrons. The van der Waals surface area contributed by atoms with Crippen LogP contribution in [0.15, 0.2) is 49.1 Å². The second-order valence-corrected chi connectivity index (χ2v) is 12.0. The van der Waals surface area contributed by atoms with Crippen LogP contribution in [0.5, 0.6) is 0 Å². The molecule has 0 saturated carbocycles. The van der Waals surface area contributed by atoms with Gasteiger partial charge in [0.15, 0.2) is 0 Å². The molecule has 2 aromatic rings. The summed E-state index contributed by atoms with van der Waals surface area (Å²) in [6.45, 7) is 10.2. The van der Waals surface area contributed by atoms with Crippen molar-refractivity contribution in [2.24, 2.45) is 5.41 Å². The van der Waals surface area contributed by atoms with Crippen LogP contribution in [0.3, 0.4) is 0 Å². The molecule has 0 spiro atoms. The van der Waals surface area contributed by atoms with E-state index in [4.69, 9.17) is 9.47 Å². The maximum absolute atomic E-state index is 6.22. The van der Waals surface area contributed by atoms with Gasteiger partial charge in [0.25, 0.3) is 0 Å². The Labute approximate surface area is 228 Å². The molecule has 37 heavy (non-hydrogen) atoms. The van der Waals surface area contributed by atoms with Gasteiger partial charge in [-0.2, -0.15) is 0 Å². The molecule has 1 atom stereocenters. The lowest BCUT2D eigenvalue weighted by Gasteiger charge is -2.26. The quantitative estimate of drug-likeness (QED) is 0.139. The number of unbranched alkanes of at least 4 members (excludes halogenated alkanes) is 13. The van der Waals surface area contributed by atoms with Gasteiger partial charge in [-0.3, -0.25) is 0 Å². The van der Waals surface area contributed by atoms with Crippen LogP contribution in [0.25, 0.3) is 0 Å². The van der Waals surface area contributed by atoms with Crippen molar-refractivity contribution in [1.29, 1.82) is 0 Å². The van der Waals surface area contributed by atoms with E-state index in [1.807, 2.05) is 12.5 Å². The molecule has 2 rings (SSSR count). The minimum Gasteiger partial charge on any atom is -0.379 e. The van der Waals surface area contributed by atoms with Crippen LogP contribution in [0.1, 0.15) is 123 Å². The van der Waals surface area contributed by atoms with Gasteiger partial charge in [-0.05, 0) is 30.2 Å². The largest absolute Gasteiger partial charge is 0.379 e. The lowest BCUT2D eigenvalue weighted by atomic mass is 9.89. The Morgan fingerprint density at radius 3 is 1.86 bits per heavy atom. The summed E-state index contributed by atoms with van der Waals surface area (Å²) in [6.07, 6.45) is 26.1. The van der Waals surface area contributed by atoms with Crippen molar-refractivity contribution in [2.45, 2.75) is 136 Å². The molecule has 1 aromatic heterocycles. The van der Waals surface area contributed by atoms with Gasteiger partial charge in [0.05, 0.1) is 25.6 Å². The average molecular weight is 513 g/mol. The van der Waals surface area contributed by atoms with Gasteiger partial charge in [0, 0.05) is 25.5 Å². The van der Waals surface area contributed by atoms with E-state index < -0.39 is 0 Å². The molecule has 0 aliphatic carbocycles. The van der Waals surface area contributed by atoms with E-state index in [-0.39, 0.29) is 11.5 Å². The minimum atomic E-state index is 0.160. The zero-order valence-corrected chi connectivity index (χ0v) is 24.3. The SMILES string of the molecule is CC(C)(C)CC(COCCCCCCCCCCCCCCCCn1ccnc1)OCc1ccccc1. The van der Waals surface area contributed by atoms with Crippen molar-refractivity contribution in [2.75, 3.05) is 13.2 Å². The van der Waals surface area contributed by atoms with E-state index in [1.165, 1.54) is 95.5 Å². The van der Waals surface area contributed by atoms with Gasteiger partial charge in [0.1, 0.15) is 0 Å². The van der Waals surface area contributed by atoms with E-state index in [2.05, 4.69) is 66.9 Å². The second kappa shape index (κ2) is 20.3. The molecule has 0 aliphatic heterocycles. The van der Waals surface area contributed by atoms with Crippen LogP contribution in [0.4, 0.5) is 0 Å². The van der Waals surface area contributed by atoms with Crippen molar-refractivity contribution < 1.29 is 9.47 Å². The van der Waals surface area contributed by atoms with Gasteiger partial charge in [-0.1, -0.05) is 128 Å². The number of hydrogen-bond donors (Lipinski definition) is 0. The summed E-state index contributed by atoms with van der Waals surface area (Å²) in [5.74, 6) is 0. The highest BCUT2D eigenvalue weighted by Gasteiger charge is 2.19. The maximum atomic E-state index is 6.22. The lowest BCUT2D eigenvalue weighted by Crippen LogP contribution is -2.26. The minimum absolute atomic E-state index is 0.160. The van der Waals surface area contributed by atoms with Gasteiger partial charge in [0.2, 0.25) is 0 Å². The zero-order valence-electron chi connectivity index (χ0n) is 24.3. The summed E-state index contributed by atoms with van der Waals surface area (Å²) in [6, 6.07) is 10.5. The standard InChI is InChI=1S/C33H56N2O2/c1-33(2,3)27-32(37-28-31-21-17-16-18-22-31)29-36-26-20-15-13-11-9-7-5-4-6-8-10-12-14-19-24-35-25-23-34-30-35/h16-18,21-23,25,30,32H,4-15,19-20,24,26-29H2,1-3H3. The van der Waals surface area contributed by atoms with E-state index >= 15 is 0 Å². The fraction of sp³-hybridized carbons (Fsp3) is 0.727. The van der Waals surface area contributed by atoms with Gasteiger partial charge in [-0.15, -0.1) is 0 Å². The first kappa shape index (κ1) is 31.6. The number of benzene rings is 1. The molecule has 0 radical (unpaired) electrons. The predicted molar refractivity (Wildman–Crippen MR) is 157 cm³/mol. The smallest absolute Gasteiger partial charge is 0.0945 e. The molecule has 0 bridgehead atoms. The number of nitrogens with zero attached hydrogens (tertiary/aromatic N) is 2. The van der Waals surface area contributed by atoms with Crippen LogP contribution < -0.4 is 0 Å². The van der Waals surface area contributed by atoms with E-state index in [9.17, 15) is 0 Å². The number of hydrogen-bond acceptors (Lipinski definition) is 3. The molecule has 0 aliphatic rings. The van der Waals surface area contributed by atoms with Crippen LogP contribution in [0.2, 0.25) is 0 Å². The topological polar surface area (TPSA) is 36.3 Å². The van der Waals surface area contributed by atoms with Gasteiger partial charge < -0.3 is 14.0 Å². The molecule has 0 saturated heterocycles. The Hall–Kier alpha value is -1.65. The Morgan fingerprint density at radius 2 is 1.32 bits per heavy atom. The maximum Gasteiger partial charge on any atom is 0.0945 e. The Kier molecular flexibility index (Phi) is 17.3. The first-order chi connectivity index (χ1) is 18.0. The summed E-state index contributed by atoms with van der Waals surface area (Å²) in [5.41, 5.74) is 1.47. The van der Waals surface area contributed by atoms with Gasteiger partial charge >= 0.3 is 0 Å². The van der Waals surface area contributed by atoms with Gasteiger partial charge in [-0.25, -0.2) is 4.98 Å². The number of imidazole rings is 1. The second-order valence-electron chi connectivity index (χ2n) is 12.0. The number of aromatic nitrogens is 2. The highest BCUT2D eigenvalue weighted by Crippen LogP contribution is 2.23. The Balaban J connectivity index is 1.34. The van der Waals surface area contributed by atoms with Crippen LogP contribution >= 0.6 is 0 Å². The summed E-state index contributed by atoms with van der Waals surface area (Å²) in [5, 5.41) is 0. The molecule has 4 heteroatoms. The lowest BCUT2D eigenvalue weighted by molar-refractivity contribution is -0.0430. The Bertz CT molecular complexity index is 739. The molecule has 1 aromatic carbocycles. The summed E-state index contributed by atoms with van der Waals surface area (Å²) >= 11 is 0. The number of ether oxygens (including phenoxy) is 2. The molecule has 4 nitrogen and oxygen atoms in total. The van der Waals surface area contributed by atoms with Crippen molar-refractivity contribution in [3.8, 4) is 0 Å². The highest BCUT2D eigenvalue weighted by atomic mass is 16.5. The predicted octanol–water partition coefficient (Wildman–Crippen LogP) is 9.38. The van der Waals surface area contributed by atoms with Crippen molar-refractivity contribution in [3.63, 3.8) is 0 Å². The van der Waals surface area contributed by atoms with Crippen molar-refractivity contribution in [1.82, 2.24) is 9.55 Å². The van der Waals surface area contributed by atoms with E-state index in [1.54, 1.807) is 0 Å². The van der Waals surface area contributed by atoms with Crippen LogP contribution in [0, 0.1) is 5.41 Å². The fourth-order valence-corrected chi connectivity index (χ4v) is 4.89. The first-order valence-electron chi connectivity index (χ1n) is 15.2. The molecule has 0 amide bonds. The molecule has 0 N–H and O–H groups in total. The first-order valence-corrected chi connectivity index (χ1v) is 15.2. The van der Waals surface area contributed by atoms with E-state index in [0.717, 1.165) is 19.6 Å². The summed E-state index contributed by atoms with van der Waals surface area (Å²) < 4.78 is 14.4. The number of rotatable bonds is 23. The van der Waals surface area contributed by atoms with E-state index in [0.29, 0.717) is 13.2 Å². The third-order valence-corrected chi connectivity index (χ3v) is 6.99. The average Bonchev–Trinajstić information content (AvgIpc) is 3.40. The van der Waals surface area contributed by atoms with Crippen LogP contribution in [-0.2, 0) is 22.6 Å².